The lowest BCUT2D eigenvalue weighted by Gasteiger charge is -2.21. The van der Waals surface area contributed by atoms with Gasteiger partial charge in [0.2, 0.25) is 5.78 Å². The molecule has 172 valence electrons. The molecule has 4 rings (SSSR count). The first-order valence-electron chi connectivity index (χ1n) is 10.4. The Morgan fingerprint density at radius 1 is 1.15 bits per heavy atom. The minimum atomic E-state index is -1.01. The van der Waals surface area contributed by atoms with Crippen molar-refractivity contribution < 1.29 is 38.4 Å². The van der Waals surface area contributed by atoms with Crippen LogP contribution in [0.3, 0.4) is 0 Å². The summed E-state index contributed by atoms with van der Waals surface area (Å²) in [6.45, 7) is 0.0934. The normalized spacial score (nSPS) is 18.1. The van der Waals surface area contributed by atoms with Gasteiger partial charge in [-0.3, -0.25) is 9.59 Å². The largest absolute Gasteiger partial charge is 0.493 e. The van der Waals surface area contributed by atoms with Gasteiger partial charge in [-0.1, -0.05) is 6.07 Å². The van der Waals surface area contributed by atoms with Gasteiger partial charge >= 0.3 is 5.97 Å². The minimum Gasteiger partial charge on any atom is -0.493 e. The number of carbonyl (C=O) groups is 3. The number of hydrogen-bond donors (Lipinski definition) is 1. The second kappa shape index (κ2) is 9.23. The second-order valence-electron chi connectivity index (χ2n) is 7.58. The Morgan fingerprint density at radius 3 is 2.67 bits per heavy atom. The number of fused-ring (bicyclic) bond motifs is 1. The topological polar surface area (TPSA) is 112 Å². The number of carboxylic acids is 1. The van der Waals surface area contributed by atoms with Crippen molar-refractivity contribution in [2.24, 2.45) is 0 Å². The van der Waals surface area contributed by atoms with E-state index in [1.165, 1.54) is 18.1 Å². The molecule has 2 aromatic carbocycles. The van der Waals surface area contributed by atoms with E-state index < -0.39 is 17.9 Å². The zero-order chi connectivity index (χ0) is 23.5. The lowest BCUT2D eigenvalue weighted by Crippen LogP contribution is -2.42. The van der Waals surface area contributed by atoms with Gasteiger partial charge in [-0.05, 0) is 48.7 Å². The van der Waals surface area contributed by atoms with Gasteiger partial charge in [0.1, 0.15) is 17.5 Å². The van der Waals surface area contributed by atoms with Crippen molar-refractivity contribution in [3.05, 3.63) is 53.3 Å². The summed E-state index contributed by atoms with van der Waals surface area (Å²) >= 11 is 0. The van der Waals surface area contributed by atoms with E-state index in [9.17, 15) is 19.5 Å². The number of methoxy groups -OCH3 is 2. The van der Waals surface area contributed by atoms with Crippen LogP contribution in [0.4, 0.5) is 0 Å². The number of amides is 1. The van der Waals surface area contributed by atoms with Crippen molar-refractivity contribution in [1.29, 1.82) is 0 Å². The standard InChI is InChI=1S/C24H23NO8/c1-30-18-8-5-14(10-20(18)31-2)11-21-23(27)16-7-6-15(12-19(16)33-21)32-13-22(26)25-9-3-4-17(25)24(28)29/h5-8,10-12,17H,3-4,9,13H2,1-2H3,(H,28,29). The number of benzene rings is 2. The number of nitrogens with zero attached hydrogens (tertiary/aromatic N) is 1. The molecule has 1 N–H and O–H groups in total. The van der Waals surface area contributed by atoms with Crippen molar-refractivity contribution in [2.75, 3.05) is 27.4 Å². The van der Waals surface area contributed by atoms with Crippen LogP contribution < -0.4 is 18.9 Å². The van der Waals surface area contributed by atoms with Crippen molar-refractivity contribution in [3.63, 3.8) is 0 Å². The lowest BCUT2D eigenvalue weighted by molar-refractivity contribution is -0.148. The van der Waals surface area contributed by atoms with Gasteiger partial charge in [0.25, 0.3) is 5.91 Å². The first-order valence-corrected chi connectivity index (χ1v) is 10.4. The maximum Gasteiger partial charge on any atom is 0.326 e. The number of aliphatic carboxylic acids is 1. The molecule has 0 aliphatic carbocycles. The van der Waals surface area contributed by atoms with Gasteiger partial charge < -0.3 is 29.0 Å². The molecule has 2 aliphatic rings. The number of rotatable bonds is 7. The third-order valence-electron chi connectivity index (χ3n) is 5.57. The first-order chi connectivity index (χ1) is 15.9. The van der Waals surface area contributed by atoms with Crippen molar-refractivity contribution in [1.82, 2.24) is 4.90 Å². The molecule has 9 nitrogen and oxygen atoms in total. The van der Waals surface area contributed by atoms with Crippen molar-refractivity contribution in [3.8, 4) is 23.0 Å². The molecule has 0 saturated carbocycles. The molecule has 0 aromatic heterocycles. The van der Waals surface area contributed by atoms with E-state index in [0.717, 1.165) is 0 Å². The van der Waals surface area contributed by atoms with Gasteiger partial charge in [-0.2, -0.15) is 0 Å². The molecule has 2 heterocycles. The van der Waals surface area contributed by atoms with Gasteiger partial charge in [-0.25, -0.2) is 4.79 Å². The second-order valence-corrected chi connectivity index (χ2v) is 7.58. The van der Waals surface area contributed by atoms with Crippen LogP contribution in [0.2, 0.25) is 0 Å². The molecule has 1 atom stereocenters. The van der Waals surface area contributed by atoms with Crippen LogP contribution in [0, 0.1) is 0 Å². The number of carboxylic acid groups (broad SMARTS) is 1. The summed E-state index contributed by atoms with van der Waals surface area (Å²) in [6.07, 6.45) is 2.69. The van der Waals surface area contributed by atoms with Crippen molar-refractivity contribution >= 4 is 23.7 Å². The molecule has 0 radical (unpaired) electrons. The summed E-state index contributed by atoms with van der Waals surface area (Å²) in [6, 6.07) is 9.11. The number of Topliss-reactive ketones (excluding diaryl/α,β-unsaturated/α-hetero) is 1. The summed E-state index contributed by atoms with van der Waals surface area (Å²) in [5, 5.41) is 9.23. The predicted octanol–water partition coefficient (Wildman–Crippen LogP) is 2.77. The molecule has 2 aromatic rings. The number of carbonyl (C=O) groups excluding carboxylic acids is 2. The highest BCUT2D eigenvalue weighted by Gasteiger charge is 2.34. The molecule has 0 spiro atoms. The van der Waals surface area contributed by atoms with Crippen LogP contribution in [0.25, 0.3) is 6.08 Å². The fraction of sp³-hybridized carbons (Fsp3) is 0.292. The number of ether oxygens (including phenoxy) is 4. The lowest BCUT2D eigenvalue weighted by atomic mass is 10.1. The van der Waals surface area contributed by atoms with E-state index in [4.69, 9.17) is 18.9 Å². The van der Waals surface area contributed by atoms with E-state index in [1.807, 2.05) is 0 Å². The molecule has 9 heteroatoms. The van der Waals surface area contributed by atoms with Crippen LogP contribution in [-0.4, -0.2) is 61.1 Å². The highest BCUT2D eigenvalue weighted by Crippen LogP contribution is 2.36. The van der Waals surface area contributed by atoms with Crippen LogP contribution in [0.15, 0.2) is 42.2 Å². The third-order valence-corrected chi connectivity index (χ3v) is 5.57. The quantitative estimate of drug-likeness (QED) is 0.637. The zero-order valence-electron chi connectivity index (χ0n) is 18.2. The third kappa shape index (κ3) is 4.48. The van der Waals surface area contributed by atoms with Gasteiger partial charge in [-0.15, -0.1) is 0 Å². The molecular weight excluding hydrogens is 430 g/mol. The van der Waals surface area contributed by atoms with Crippen LogP contribution in [0.1, 0.15) is 28.8 Å². The predicted molar refractivity (Wildman–Crippen MR) is 117 cm³/mol. The summed E-state index contributed by atoms with van der Waals surface area (Å²) < 4.78 is 21.8. The van der Waals surface area contributed by atoms with Crippen molar-refractivity contribution in [2.45, 2.75) is 18.9 Å². The maximum atomic E-state index is 12.7. The van der Waals surface area contributed by atoms with E-state index in [2.05, 4.69) is 0 Å². The highest BCUT2D eigenvalue weighted by molar-refractivity contribution is 6.14. The Balaban J connectivity index is 1.45. The Kier molecular flexibility index (Phi) is 6.21. The molecule has 1 amide bonds. The van der Waals surface area contributed by atoms with Gasteiger partial charge in [0, 0.05) is 12.6 Å². The van der Waals surface area contributed by atoms with Crippen LogP contribution in [0.5, 0.6) is 23.0 Å². The van der Waals surface area contributed by atoms with Gasteiger partial charge in [0.05, 0.1) is 19.8 Å². The average Bonchev–Trinajstić information content (AvgIpc) is 3.43. The Morgan fingerprint density at radius 2 is 1.94 bits per heavy atom. The van der Waals surface area contributed by atoms with E-state index in [-0.39, 0.29) is 18.1 Å². The zero-order valence-corrected chi connectivity index (χ0v) is 18.2. The molecule has 1 saturated heterocycles. The molecule has 33 heavy (non-hydrogen) atoms. The van der Waals surface area contributed by atoms with Gasteiger partial charge in [0.15, 0.2) is 23.9 Å². The molecular formula is C24H23NO8. The molecule has 0 bridgehead atoms. The fourth-order valence-electron chi connectivity index (χ4n) is 3.90. The van der Waals surface area contributed by atoms with E-state index >= 15 is 0 Å². The Bertz CT molecular complexity index is 1140. The highest BCUT2D eigenvalue weighted by atomic mass is 16.5. The monoisotopic (exact) mass is 453 g/mol. The fourth-order valence-corrected chi connectivity index (χ4v) is 3.90. The van der Waals surface area contributed by atoms with E-state index in [1.54, 1.807) is 43.5 Å². The number of likely N-dealkylation sites (tertiary alicyclic amines) is 1. The Hall–Kier alpha value is -4.01. The van der Waals surface area contributed by atoms with Crippen LogP contribution >= 0.6 is 0 Å². The molecule has 1 unspecified atom stereocenters. The number of ketones is 1. The minimum absolute atomic E-state index is 0.145. The summed E-state index contributed by atoms with van der Waals surface area (Å²) in [4.78, 5) is 37.7. The van der Waals surface area contributed by atoms with Crippen LogP contribution in [-0.2, 0) is 9.59 Å². The maximum absolute atomic E-state index is 12.7. The van der Waals surface area contributed by atoms with E-state index in [0.29, 0.717) is 53.5 Å². The first kappa shape index (κ1) is 22.2. The number of hydrogen-bond acceptors (Lipinski definition) is 7. The summed E-state index contributed by atoms with van der Waals surface area (Å²) in [5.41, 5.74) is 1.08. The molecule has 2 aliphatic heterocycles. The number of allylic oxidation sites excluding steroid dienone is 1. The Labute approximate surface area is 190 Å². The SMILES string of the molecule is COc1ccc(C=C2Oc3cc(OCC(=O)N4CCCC4C(=O)O)ccc3C2=O)cc1OC. The average molecular weight is 453 g/mol. The smallest absolute Gasteiger partial charge is 0.326 e. The summed E-state index contributed by atoms with van der Waals surface area (Å²) in [5.74, 6) is 0.218. The summed E-state index contributed by atoms with van der Waals surface area (Å²) in [7, 11) is 3.07. The molecule has 1 fully saturated rings.